The molecule has 0 aliphatic rings. The standard InChI is InChI=1S/C9H7BrF5N.ClH/c10-6-4-2-1-3-5(6)7(16)8(11,12)9(13,14)15;/h1-4,7H,16H2;1H/t7-;/m1./s1. The van der Waals surface area contributed by atoms with Gasteiger partial charge in [0.1, 0.15) is 6.04 Å². The molecular weight excluding hydrogens is 332 g/mol. The summed E-state index contributed by atoms with van der Waals surface area (Å²) in [6.45, 7) is 0. The molecule has 0 spiro atoms. The van der Waals surface area contributed by atoms with Gasteiger partial charge in [0.05, 0.1) is 0 Å². The van der Waals surface area contributed by atoms with Crippen LogP contribution >= 0.6 is 28.3 Å². The van der Waals surface area contributed by atoms with Gasteiger partial charge in [0.25, 0.3) is 0 Å². The first kappa shape index (κ1) is 16.6. The van der Waals surface area contributed by atoms with Gasteiger partial charge in [0.2, 0.25) is 0 Å². The molecule has 1 aromatic carbocycles. The highest BCUT2D eigenvalue weighted by Crippen LogP contribution is 2.44. The molecule has 17 heavy (non-hydrogen) atoms. The summed E-state index contributed by atoms with van der Waals surface area (Å²) in [5.41, 5.74) is 4.67. The highest BCUT2D eigenvalue weighted by molar-refractivity contribution is 9.10. The van der Waals surface area contributed by atoms with Crippen LogP contribution < -0.4 is 5.73 Å². The molecule has 1 rings (SSSR count). The molecule has 0 fully saturated rings. The van der Waals surface area contributed by atoms with E-state index in [9.17, 15) is 22.0 Å². The van der Waals surface area contributed by atoms with E-state index in [0.717, 1.165) is 6.07 Å². The van der Waals surface area contributed by atoms with Crippen LogP contribution in [0.4, 0.5) is 22.0 Å². The molecule has 0 amide bonds. The Balaban J connectivity index is 0.00000256. The summed E-state index contributed by atoms with van der Waals surface area (Å²) in [7, 11) is 0. The molecule has 0 aliphatic heterocycles. The van der Waals surface area contributed by atoms with Crippen molar-refractivity contribution < 1.29 is 22.0 Å². The summed E-state index contributed by atoms with van der Waals surface area (Å²) in [4.78, 5) is 0. The van der Waals surface area contributed by atoms with Gasteiger partial charge in [0, 0.05) is 4.47 Å². The van der Waals surface area contributed by atoms with Crippen LogP contribution in [0.5, 0.6) is 0 Å². The summed E-state index contributed by atoms with van der Waals surface area (Å²) in [5.74, 6) is -4.96. The van der Waals surface area contributed by atoms with Gasteiger partial charge >= 0.3 is 12.1 Å². The number of alkyl halides is 5. The maximum Gasteiger partial charge on any atom is 0.455 e. The van der Waals surface area contributed by atoms with Gasteiger partial charge in [-0.3, -0.25) is 0 Å². The van der Waals surface area contributed by atoms with Crippen molar-refractivity contribution in [1.29, 1.82) is 0 Å². The molecule has 98 valence electrons. The van der Waals surface area contributed by atoms with E-state index in [4.69, 9.17) is 5.73 Å². The lowest BCUT2D eigenvalue weighted by Crippen LogP contribution is -2.45. The molecule has 8 heteroatoms. The van der Waals surface area contributed by atoms with Gasteiger partial charge < -0.3 is 5.73 Å². The second-order valence-corrected chi connectivity index (χ2v) is 3.97. The third kappa shape index (κ3) is 3.29. The normalized spacial score (nSPS) is 14.1. The zero-order valence-corrected chi connectivity index (χ0v) is 10.5. The SMILES string of the molecule is Cl.N[C@H](c1ccccc1Br)C(F)(F)C(F)(F)F. The molecule has 0 saturated heterocycles. The van der Waals surface area contributed by atoms with Crippen LogP contribution in [-0.4, -0.2) is 12.1 Å². The summed E-state index contributed by atoms with van der Waals surface area (Å²) in [5, 5.41) is 0. The van der Waals surface area contributed by atoms with Crippen LogP contribution in [0.15, 0.2) is 28.7 Å². The topological polar surface area (TPSA) is 26.0 Å². The van der Waals surface area contributed by atoms with E-state index >= 15 is 0 Å². The smallest absolute Gasteiger partial charge is 0.319 e. The number of nitrogens with two attached hydrogens (primary N) is 1. The Morgan fingerprint density at radius 3 is 1.94 bits per heavy atom. The molecule has 0 unspecified atom stereocenters. The average molecular weight is 341 g/mol. The van der Waals surface area contributed by atoms with Crippen molar-refractivity contribution in [3.05, 3.63) is 34.3 Å². The molecular formula is C9H8BrClF5N. The van der Waals surface area contributed by atoms with Gasteiger partial charge in [-0.2, -0.15) is 22.0 Å². The zero-order valence-electron chi connectivity index (χ0n) is 8.14. The van der Waals surface area contributed by atoms with Crippen molar-refractivity contribution in [3.8, 4) is 0 Å². The zero-order chi connectivity index (χ0) is 12.6. The second kappa shape index (κ2) is 5.49. The predicted octanol–water partition coefficient (Wildman–Crippen LogP) is 4.07. The Hall–Kier alpha value is -0.400. The van der Waals surface area contributed by atoms with Crippen LogP contribution in [0.1, 0.15) is 11.6 Å². The Morgan fingerprint density at radius 1 is 1.06 bits per heavy atom. The maximum atomic E-state index is 12.9. The number of hydrogen-bond donors (Lipinski definition) is 1. The molecule has 0 saturated carbocycles. The van der Waals surface area contributed by atoms with E-state index < -0.39 is 18.1 Å². The van der Waals surface area contributed by atoms with Crippen LogP contribution in [0, 0.1) is 0 Å². The van der Waals surface area contributed by atoms with Crippen LogP contribution in [0.25, 0.3) is 0 Å². The van der Waals surface area contributed by atoms with Crippen LogP contribution in [-0.2, 0) is 0 Å². The van der Waals surface area contributed by atoms with Crippen LogP contribution in [0.2, 0.25) is 0 Å². The Bertz CT molecular complexity index is 382. The number of rotatable bonds is 2. The highest BCUT2D eigenvalue weighted by Gasteiger charge is 2.61. The van der Waals surface area contributed by atoms with Gasteiger partial charge in [-0.1, -0.05) is 34.1 Å². The van der Waals surface area contributed by atoms with Crippen molar-refractivity contribution >= 4 is 28.3 Å². The quantitative estimate of drug-likeness (QED) is 0.807. The van der Waals surface area contributed by atoms with Crippen molar-refractivity contribution in [3.63, 3.8) is 0 Å². The lowest BCUT2D eigenvalue weighted by atomic mass is 10.0. The minimum absolute atomic E-state index is 0. The van der Waals surface area contributed by atoms with Gasteiger partial charge in [0.15, 0.2) is 0 Å². The van der Waals surface area contributed by atoms with E-state index in [1.807, 2.05) is 0 Å². The highest BCUT2D eigenvalue weighted by atomic mass is 79.9. The van der Waals surface area contributed by atoms with E-state index in [0.29, 0.717) is 0 Å². The maximum absolute atomic E-state index is 12.9. The summed E-state index contributed by atoms with van der Waals surface area (Å²) < 4.78 is 62.1. The summed E-state index contributed by atoms with van der Waals surface area (Å²) in [6.07, 6.45) is -5.66. The first-order valence-electron chi connectivity index (χ1n) is 4.12. The summed E-state index contributed by atoms with van der Waals surface area (Å²) in [6, 6.07) is 2.87. The van der Waals surface area contributed by atoms with E-state index in [1.54, 1.807) is 0 Å². The van der Waals surface area contributed by atoms with Crippen molar-refractivity contribution in [2.45, 2.75) is 18.1 Å². The number of halogens is 7. The third-order valence-electron chi connectivity index (χ3n) is 2.01. The monoisotopic (exact) mass is 339 g/mol. The minimum atomic E-state index is -5.66. The molecule has 1 aromatic rings. The average Bonchev–Trinajstić information content (AvgIpc) is 2.15. The van der Waals surface area contributed by atoms with Crippen LogP contribution in [0.3, 0.4) is 0 Å². The molecule has 0 radical (unpaired) electrons. The molecule has 0 bridgehead atoms. The van der Waals surface area contributed by atoms with E-state index in [2.05, 4.69) is 15.9 Å². The number of benzene rings is 1. The van der Waals surface area contributed by atoms with Gasteiger partial charge in [-0.15, -0.1) is 12.4 Å². The minimum Gasteiger partial charge on any atom is -0.319 e. The van der Waals surface area contributed by atoms with Crippen molar-refractivity contribution in [2.75, 3.05) is 0 Å². The fourth-order valence-corrected chi connectivity index (χ4v) is 1.63. The Labute approximate surface area is 109 Å². The van der Waals surface area contributed by atoms with Gasteiger partial charge in [-0.05, 0) is 11.6 Å². The van der Waals surface area contributed by atoms with E-state index in [1.165, 1.54) is 18.2 Å². The first-order valence-corrected chi connectivity index (χ1v) is 4.91. The second-order valence-electron chi connectivity index (χ2n) is 3.12. The summed E-state index contributed by atoms with van der Waals surface area (Å²) >= 11 is 2.88. The predicted molar refractivity (Wildman–Crippen MR) is 59.3 cm³/mol. The lowest BCUT2D eigenvalue weighted by Gasteiger charge is -2.26. The lowest BCUT2D eigenvalue weighted by molar-refractivity contribution is -0.291. The molecule has 1 atom stereocenters. The fourth-order valence-electron chi connectivity index (χ4n) is 1.10. The first-order chi connectivity index (χ1) is 7.18. The largest absolute Gasteiger partial charge is 0.455 e. The molecule has 1 nitrogen and oxygen atoms in total. The third-order valence-corrected chi connectivity index (χ3v) is 2.73. The number of hydrogen-bond acceptors (Lipinski definition) is 1. The molecule has 0 aromatic heterocycles. The van der Waals surface area contributed by atoms with Crippen molar-refractivity contribution in [1.82, 2.24) is 0 Å². The van der Waals surface area contributed by atoms with E-state index in [-0.39, 0.29) is 22.4 Å². The Kier molecular flexibility index (Phi) is 5.37. The van der Waals surface area contributed by atoms with Gasteiger partial charge in [-0.25, -0.2) is 0 Å². The molecule has 0 heterocycles. The Morgan fingerprint density at radius 2 is 1.53 bits per heavy atom. The molecule has 0 aliphatic carbocycles. The van der Waals surface area contributed by atoms with Crippen molar-refractivity contribution in [2.24, 2.45) is 5.73 Å². The molecule has 2 N–H and O–H groups in total. The fraction of sp³-hybridized carbons (Fsp3) is 0.333.